The average molecular weight is 244 g/mol. The predicted molar refractivity (Wildman–Crippen MR) is 71.2 cm³/mol. The van der Waals surface area contributed by atoms with Crippen molar-refractivity contribution in [2.45, 2.75) is 39.3 Å². The molecule has 0 fully saturated rings. The van der Waals surface area contributed by atoms with Crippen molar-refractivity contribution in [1.82, 2.24) is 14.8 Å². The Bertz CT molecular complexity index is 536. The maximum absolute atomic E-state index is 6.28. The lowest BCUT2D eigenvalue weighted by atomic mass is 9.74. The first-order valence-corrected chi connectivity index (χ1v) is 6.46. The molecule has 2 aromatic rings. The van der Waals surface area contributed by atoms with Gasteiger partial charge in [-0.1, -0.05) is 13.8 Å². The van der Waals surface area contributed by atoms with Crippen molar-refractivity contribution in [1.29, 1.82) is 0 Å². The number of aromatic amines is 1. The zero-order valence-corrected chi connectivity index (χ0v) is 11.0. The Hall–Kier alpha value is -1.55. The lowest BCUT2D eigenvalue weighted by Crippen LogP contribution is -2.30. The molecular formula is C14H20N4. The molecule has 0 spiro atoms. The Morgan fingerprint density at radius 1 is 1.56 bits per heavy atom. The Morgan fingerprint density at radius 2 is 2.39 bits per heavy atom. The molecule has 3 rings (SSSR count). The number of hydrogen-bond acceptors (Lipinski definition) is 2. The minimum absolute atomic E-state index is 0.175. The van der Waals surface area contributed by atoms with Crippen molar-refractivity contribution in [3.8, 4) is 0 Å². The molecule has 3 N–H and O–H groups in total. The first-order chi connectivity index (χ1) is 8.55. The van der Waals surface area contributed by atoms with Crippen LogP contribution < -0.4 is 5.73 Å². The maximum Gasteiger partial charge on any atom is 0.0537 e. The van der Waals surface area contributed by atoms with Gasteiger partial charge in [-0.3, -0.25) is 5.10 Å². The number of nitrogens with zero attached hydrogens (tertiary/aromatic N) is 2. The smallest absolute Gasteiger partial charge is 0.0537 e. The number of aromatic nitrogens is 3. The molecule has 4 nitrogen and oxygen atoms in total. The molecule has 18 heavy (non-hydrogen) atoms. The summed E-state index contributed by atoms with van der Waals surface area (Å²) < 4.78 is 2.31. The third kappa shape index (κ3) is 1.97. The van der Waals surface area contributed by atoms with E-state index in [4.69, 9.17) is 5.73 Å². The second kappa shape index (κ2) is 3.99. The molecule has 96 valence electrons. The summed E-state index contributed by atoms with van der Waals surface area (Å²) in [5, 5.41) is 6.85. The second-order valence-electron chi connectivity index (χ2n) is 6.10. The summed E-state index contributed by atoms with van der Waals surface area (Å²) in [6.45, 7) is 5.46. The third-order valence-electron chi connectivity index (χ3n) is 3.84. The molecule has 1 aliphatic carbocycles. The van der Waals surface area contributed by atoms with E-state index in [9.17, 15) is 0 Å². The second-order valence-corrected chi connectivity index (χ2v) is 6.10. The summed E-state index contributed by atoms with van der Waals surface area (Å²) in [5.74, 6) is 0. The van der Waals surface area contributed by atoms with Crippen LogP contribution in [0.25, 0.3) is 0 Å². The van der Waals surface area contributed by atoms with Crippen LogP contribution in [0.15, 0.2) is 24.7 Å². The fraction of sp³-hybridized carbons (Fsp3) is 0.500. The van der Waals surface area contributed by atoms with Gasteiger partial charge in [-0.2, -0.15) is 5.10 Å². The van der Waals surface area contributed by atoms with E-state index in [1.165, 1.54) is 16.8 Å². The largest absolute Gasteiger partial charge is 0.347 e. The maximum atomic E-state index is 6.28. The average Bonchev–Trinajstić information content (AvgIpc) is 2.88. The molecule has 1 atom stereocenters. The molecular weight excluding hydrogens is 224 g/mol. The standard InChI is InChI=1S/C14H20N4/c1-14(2)5-12(15)11-3-4-18(13(11)6-14)9-10-7-16-17-8-10/h3-4,7-8,12H,5-6,9,15H2,1-2H3,(H,16,17). The van der Waals surface area contributed by atoms with E-state index in [0.717, 1.165) is 19.4 Å². The minimum atomic E-state index is 0.175. The van der Waals surface area contributed by atoms with Gasteiger partial charge in [-0.15, -0.1) is 0 Å². The van der Waals surface area contributed by atoms with E-state index in [1.54, 1.807) is 0 Å². The quantitative estimate of drug-likeness (QED) is 0.851. The van der Waals surface area contributed by atoms with Crippen LogP contribution in [0, 0.1) is 5.41 Å². The highest BCUT2D eigenvalue weighted by molar-refractivity contribution is 5.31. The summed E-state index contributed by atoms with van der Waals surface area (Å²) in [4.78, 5) is 0. The van der Waals surface area contributed by atoms with Crippen molar-refractivity contribution >= 4 is 0 Å². The highest BCUT2D eigenvalue weighted by atomic mass is 15.1. The van der Waals surface area contributed by atoms with Crippen LogP contribution in [0.5, 0.6) is 0 Å². The molecule has 0 saturated heterocycles. The van der Waals surface area contributed by atoms with Gasteiger partial charge in [0, 0.05) is 29.7 Å². The van der Waals surface area contributed by atoms with Crippen LogP contribution >= 0.6 is 0 Å². The van der Waals surface area contributed by atoms with Crippen molar-refractivity contribution < 1.29 is 0 Å². The molecule has 0 aliphatic heterocycles. The number of nitrogens with two attached hydrogens (primary N) is 1. The van der Waals surface area contributed by atoms with Gasteiger partial charge in [0.05, 0.1) is 12.7 Å². The molecule has 0 amide bonds. The van der Waals surface area contributed by atoms with Gasteiger partial charge in [0.15, 0.2) is 0 Å². The van der Waals surface area contributed by atoms with Gasteiger partial charge >= 0.3 is 0 Å². The lowest BCUT2D eigenvalue weighted by molar-refractivity contribution is 0.276. The van der Waals surface area contributed by atoms with Crippen LogP contribution in [-0.2, 0) is 13.0 Å². The molecule has 0 bridgehead atoms. The molecule has 2 aromatic heterocycles. The minimum Gasteiger partial charge on any atom is -0.347 e. The van der Waals surface area contributed by atoms with E-state index >= 15 is 0 Å². The zero-order chi connectivity index (χ0) is 12.8. The predicted octanol–water partition coefficient (Wildman–Crippen LogP) is 2.23. The Morgan fingerprint density at radius 3 is 3.11 bits per heavy atom. The van der Waals surface area contributed by atoms with Crippen LogP contribution in [0.2, 0.25) is 0 Å². The summed E-state index contributed by atoms with van der Waals surface area (Å²) in [6.07, 6.45) is 8.14. The third-order valence-corrected chi connectivity index (χ3v) is 3.84. The summed E-state index contributed by atoms with van der Waals surface area (Å²) in [5.41, 5.74) is 10.5. The fourth-order valence-electron chi connectivity index (χ4n) is 3.00. The first kappa shape index (κ1) is 11.5. The molecule has 4 heteroatoms. The van der Waals surface area contributed by atoms with Crippen molar-refractivity contribution in [3.63, 3.8) is 0 Å². The van der Waals surface area contributed by atoms with E-state index < -0.39 is 0 Å². The number of rotatable bonds is 2. The van der Waals surface area contributed by atoms with Gasteiger partial charge < -0.3 is 10.3 Å². The molecule has 1 unspecified atom stereocenters. The van der Waals surface area contributed by atoms with Gasteiger partial charge in [0.2, 0.25) is 0 Å². The van der Waals surface area contributed by atoms with Gasteiger partial charge in [0.1, 0.15) is 0 Å². The molecule has 0 aromatic carbocycles. The number of fused-ring (bicyclic) bond motifs is 1. The SMILES string of the molecule is CC1(C)Cc2c(ccn2Cc2cn[nH]c2)C(N)C1. The zero-order valence-electron chi connectivity index (χ0n) is 11.0. The Balaban J connectivity index is 1.94. The van der Waals surface area contributed by atoms with E-state index in [-0.39, 0.29) is 6.04 Å². The fourth-order valence-corrected chi connectivity index (χ4v) is 3.00. The monoisotopic (exact) mass is 244 g/mol. The van der Waals surface area contributed by atoms with Crippen molar-refractivity contribution in [3.05, 3.63) is 41.5 Å². The highest BCUT2D eigenvalue weighted by Crippen LogP contribution is 2.40. The van der Waals surface area contributed by atoms with Crippen molar-refractivity contribution in [2.75, 3.05) is 0 Å². The van der Waals surface area contributed by atoms with E-state index in [2.05, 4.69) is 40.9 Å². The van der Waals surface area contributed by atoms with Crippen molar-refractivity contribution in [2.24, 2.45) is 11.1 Å². The summed E-state index contributed by atoms with van der Waals surface area (Å²) >= 11 is 0. The first-order valence-electron chi connectivity index (χ1n) is 6.46. The summed E-state index contributed by atoms with van der Waals surface area (Å²) in [7, 11) is 0. The van der Waals surface area contributed by atoms with Crippen LogP contribution in [0.3, 0.4) is 0 Å². The lowest BCUT2D eigenvalue weighted by Gasteiger charge is -2.34. The van der Waals surface area contributed by atoms with Gasteiger partial charge in [0.25, 0.3) is 0 Å². The number of H-pyrrole nitrogens is 1. The highest BCUT2D eigenvalue weighted by Gasteiger charge is 2.32. The van der Waals surface area contributed by atoms with Crippen LogP contribution in [0.4, 0.5) is 0 Å². The van der Waals surface area contributed by atoms with Crippen LogP contribution in [0.1, 0.15) is 43.1 Å². The molecule has 0 radical (unpaired) electrons. The Labute approximate surface area is 107 Å². The van der Waals surface area contributed by atoms with Gasteiger partial charge in [-0.25, -0.2) is 0 Å². The number of nitrogens with one attached hydrogen (secondary N) is 1. The molecule has 0 saturated carbocycles. The van der Waals surface area contributed by atoms with Gasteiger partial charge in [-0.05, 0) is 29.9 Å². The van der Waals surface area contributed by atoms with E-state index in [0.29, 0.717) is 5.41 Å². The normalized spacial score (nSPS) is 21.8. The Kier molecular flexibility index (Phi) is 2.55. The van der Waals surface area contributed by atoms with Crippen LogP contribution in [-0.4, -0.2) is 14.8 Å². The topological polar surface area (TPSA) is 59.6 Å². The van der Waals surface area contributed by atoms with E-state index in [1.807, 2.05) is 12.4 Å². The summed E-state index contributed by atoms with van der Waals surface area (Å²) in [6, 6.07) is 2.35. The molecule has 2 heterocycles. The molecule has 1 aliphatic rings. The number of hydrogen-bond donors (Lipinski definition) is 2.